The highest BCUT2D eigenvalue weighted by atomic mass is 35.5. The zero-order valence-electron chi connectivity index (χ0n) is 13.4. The molecule has 6 nitrogen and oxygen atoms in total. The Bertz CT molecular complexity index is 745. The van der Waals surface area contributed by atoms with Gasteiger partial charge in [-0.05, 0) is 24.6 Å². The lowest BCUT2D eigenvalue weighted by Gasteiger charge is -2.21. The van der Waals surface area contributed by atoms with Gasteiger partial charge in [0.15, 0.2) is 0 Å². The average molecular weight is 369 g/mol. The zero-order valence-corrected chi connectivity index (χ0v) is 14.9. The van der Waals surface area contributed by atoms with Crippen molar-refractivity contribution in [2.45, 2.75) is 13.3 Å². The number of carbonyl (C=O) groups excluding carboxylic acids is 2. The number of amides is 2. The molecule has 0 fully saturated rings. The van der Waals surface area contributed by atoms with Crippen molar-refractivity contribution in [3.8, 4) is 0 Å². The first-order chi connectivity index (χ1) is 11.4. The van der Waals surface area contributed by atoms with Crippen LogP contribution in [0.5, 0.6) is 0 Å². The molecule has 0 aliphatic heterocycles. The number of hydrogen-bond donors (Lipinski definition) is 1. The van der Waals surface area contributed by atoms with Gasteiger partial charge in [0.1, 0.15) is 6.54 Å². The molecule has 0 aliphatic carbocycles. The molecule has 0 bridgehead atoms. The van der Waals surface area contributed by atoms with E-state index in [1.165, 1.54) is 11.1 Å². The molecule has 0 unspecified atom stereocenters. The molecule has 0 radical (unpaired) electrons. The van der Waals surface area contributed by atoms with Crippen molar-refractivity contribution in [2.24, 2.45) is 7.05 Å². The van der Waals surface area contributed by atoms with Gasteiger partial charge in [0.2, 0.25) is 5.91 Å². The van der Waals surface area contributed by atoms with Crippen LogP contribution in [0.3, 0.4) is 0 Å². The number of aryl methyl sites for hydroxylation is 1. The SMILES string of the molecule is CCCN(CC(=O)Nc1ccc(Cl)cc1Cl)C(=O)c1cnn(C)c1. The van der Waals surface area contributed by atoms with E-state index >= 15 is 0 Å². The molecule has 0 spiro atoms. The number of aromatic nitrogens is 2. The van der Waals surface area contributed by atoms with Gasteiger partial charge in [-0.15, -0.1) is 0 Å². The Labute approximate surface area is 150 Å². The molecule has 2 amide bonds. The highest BCUT2D eigenvalue weighted by molar-refractivity contribution is 6.36. The molecule has 0 saturated heterocycles. The Kier molecular flexibility index (Phi) is 6.23. The van der Waals surface area contributed by atoms with Crippen molar-refractivity contribution in [1.82, 2.24) is 14.7 Å². The molecule has 1 aromatic heterocycles. The van der Waals surface area contributed by atoms with Crippen LogP contribution in [0, 0.1) is 0 Å². The van der Waals surface area contributed by atoms with Gasteiger partial charge in [0, 0.05) is 24.8 Å². The lowest BCUT2D eigenvalue weighted by atomic mass is 10.2. The van der Waals surface area contributed by atoms with Crippen molar-refractivity contribution in [1.29, 1.82) is 0 Å². The second-order valence-electron chi connectivity index (χ2n) is 5.30. The summed E-state index contributed by atoms with van der Waals surface area (Å²) in [5.74, 6) is -0.563. The van der Waals surface area contributed by atoms with Crippen molar-refractivity contribution < 1.29 is 9.59 Å². The summed E-state index contributed by atoms with van der Waals surface area (Å²) >= 11 is 11.9. The number of nitrogens with one attached hydrogen (secondary N) is 1. The summed E-state index contributed by atoms with van der Waals surface area (Å²) in [6.07, 6.45) is 3.85. The maximum Gasteiger partial charge on any atom is 0.257 e. The third-order valence-corrected chi connectivity index (χ3v) is 3.82. The van der Waals surface area contributed by atoms with Crippen LogP contribution in [0.25, 0.3) is 0 Å². The number of nitrogens with zero attached hydrogens (tertiary/aromatic N) is 3. The van der Waals surface area contributed by atoms with Gasteiger partial charge in [0.25, 0.3) is 5.91 Å². The van der Waals surface area contributed by atoms with Gasteiger partial charge in [-0.25, -0.2) is 0 Å². The summed E-state index contributed by atoms with van der Waals surface area (Å²) in [6.45, 7) is 2.34. The van der Waals surface area contributed by atoms with E-state index in [0.717, 1.165) is 6.42 Å². The first-order valence-electron chi connectivity index (χ1n) is 7.43. The Hall–Kier alpha value is -2.05. The standard InChI is InChI=1S/C16H18Cl2N4O2/c1-3-6-22(16(24)11-8-19-21(2)9-11)10-15(23)20-14-5-4-12(17)7-13(14)18/h4-5,7-9H,3,6,10H2,1-2H3,(H,20,23). The molecule has 2 rings (SSSR count). The van der Waals surface area contributed by atoms with E-state index in [1.807, 2.05) is 6.92 Å². The topological polar surface area (TPSA) is 67.2 Å². The first kappa shape index (κ1) is 18.3. The van der Waals surface area contributed by atoms with Gasteiger partial charge in [-0.1, -0.05) is 30.1 Å². The molecule has 128 valence electrons. The minimum atomic E-state index is -0.329. The molecular weight excluding hydrogens is 351 g/mol. The molecule has 2 aromatic rings. The largest absolute Gasteiger partial charge is 0.329 e. The van der Waals surface area contributed by atoms with Crippen LogP contribution < -0.4 is 5.32 Å². The fourth-order valence-electron chi connectivity index (χ4n) is 2.19. The average Bonchev–Trinajstić information content (AvgIpc) is 2.95. The summed E-state index contributed by atoms with van der Waals surface area (Å²) in [5, 5.41) is 7.51. The number of hydrogen-bond acceptors (Lipinski definition) is 3. The fraction of sp³-hybridized carbons (Fsp3) is 0.312. The van der Waals surface area contributed by atoms with E-state index in [2.05, 4.69) is 10.4 Å². The molecule has 0 aliphatic rings. The first-order valence-corrected chi connectivity index (χ1v) is 8.19. The van der Waals surface area contributed by atoms with Gasteiger partial charge in [-0.2, -0.15) is 5.10 Å². The quantitative estimate of drug-likeness (QED) is 0.850. The zero-order chi connectivity index (χ0) is 17.7. The van der Waals surface area contributed by atoms with Crippen molar-refractivity contribution in [3.63, 3.8) is 0 Å². The summed E-state index contributed by atoms with van der Waals surface area (Å²) < 4.78 is 1.55. The maximum atomic E-state index is 12.5. The van der Waals surface area contributed by atoms with Gasteiger partial charge in [0.05, 0.1) is 22.5 Å². The highest BCUT2D eigenvalue weighted by Crippen LogP contribution is 2.25. The lowest BCUT2D eigenvalue weighted by molar-refractivity contribution is -0.116. The molecule has 1 aromatic carbocycles. The Morgan fingerprint density at radius 1 is 1.33 bits per heavy atom. The Morgan fingerprint density at radius 2 is 2.08 bits per heavy atom. The number of anilines is 1. The third-order valence-electron chi connectivity index (χ3n) is 3.27. The highest BCUT2D eigenvalue weighted by Gasteiger charge is 2.20. The van der Waals surface area contributed by atoms with Crippen molar-refractivity contribution in [3.05, 3.63) is 46.2 Å². The van der Waals surface area contributed by atoms with E-state index in [9.17, 15) is 9.59 Å². The minimum absolute atomic E-state index is 0.0689. The van der Waals surface area contributed by atoms with E-state index in [4.69, 9.17) is 23.2 Å². The second kappa shape index (κ2) is 8.17. The molecule has 1 N–H and O–H groups in total. The van der Waals surface area contributed by atoms with Crippen molar-refractivity contribution in [2.75, 3.05) is 18.4 Å². The number of halogens is 2. The summed E-state index contributed by atoms with van der Waals surface area (Å²) in [6, 6.07) is 4.80. The van der Waals surface area contributed by atoms with Crippen molar-refractivity contribution >= 4 is 40.7 Å². The molecule has 0 atom stereocenters. The summed E-state index contributed by atoms with van der Waals surface area (Å²) in [4.78, 5) is 26.2. The second-order valence-corrected chi connectivity index (χ2v) is 6.15. The molecule has 8 heteroatoms. The van der Waals surface area contributed by atoms with E-state index in [-0.39, 0.29) is 18.4 Å². The fourth-order valence-corrected chi connectivity index (χ4v) is 2.65. The minimum Gasteiger partial charge on any atom is -0.329 e. The smallest absolute Gasteiger partial charge is 0.257 e. The van der Waals surface area contributed by atoms with Crippen LogP contribution in [-0.4, -0.2) is 39.6 Å². The van der Waals surface area contributed by atoms with Crippen LogP contribution in [0.15, 0.2) is 30.6 Å². The third kappa shape index (κ3) is 4.72. The van der Waals surface area contributed by atoms with E-state index in [1.54, 1.807) is 36.1 Å². The lowest BCUT2D eigenvalue weighted by Crippen LogP contribution is -2.38. The van der Waals surface area contributed by atoms with Crippen LogP contribution >= 0.6 is 23.2 Å². The van der Waals surface area contributed by atoms with Crippen LogP contribution in [-0.2, 0) is 11.8 Å². The number of benzene rings is 1. The van der Waals surface area contributed by atoms with Gasteiger partial charge < -0.3 is 10.2 Å². The molecule has 24 heavy (non-hydrogen) atoms. The van der Waals surface area contributed by atoms with Crippen LogP contribution in [0.1, 0.15) is 23.7 Å². The van der Waals surface area contributed by atoms with Gasteiger partial charge in [-0.3, -0.25) is 14.3 Å². The maximum absolute atomic E-state index is 12.5. The summed E-state index contributed by atoms with van der Waals surface area (Å²) in [7, 11) is 1.73. The monoisotopic (exact) mass is 368 g/mol. The Morgan fingerprint density at radius 3 is 2.67 bits per heavy atom. The van der Waals surface area contributed by atoms with Crippen LogP contribution in [0.4, 0.5) is 5.69 Å². The van der Waals surface area contributed by atoms with E-state index < -0.39 is 0 Å². The van der Waals surface area contributed by atoms with Crippen LogP contribution in [0.2, 0.25) is 10.0 Å². The van der Waals surface area contributed by atoms with Gasteiger partial charge >= 0.3 is 0 Å². The molecule has 1 heterocycles. The predicted molar refractivity (Wildman–Crippen MR) is 94.5 cm³/mol. The normalized spacial score (nSPS) is 10.5. The number of rotatable bonds is 6. The van der Waals surface area contributed by atoms with E-state index in [0.29, 0.717) is 27.8 Å². The Balaban J connectivity index is 2.06. The number of carbonyl (C=O) groups is 2. The summed E-state index contributed by atoms with van der Waals surface area (Å²) in [5.41, 5.74) is 0.902. The predicted octanol–water partition coefficient (Wildman–Crippen LogP) is 3.22. The molecular formula is C16H18Cl2N4O2. The molecule has 0 saturated carbocycles.